The fraction of sp³-hybridized carbons (Fsp3) is 0.467. The lowest BCUT2D eigenvalue weighted by Crippen LogP contribution is -2.47. The molecule has 1 aromatic heterocycles. The van der Waals surface area contributed by atoms with Gasteiger partial charge in [-0.15, -0.1) is 0 Å². The molecular formula is C15H18N2O4. The Morgan fingerprint density at radius 1 is 1.38 bits per heavy atom. The van der Waals surface area contributed by atoms with Crippen LogP contribution in [0.5, 0.6) is 0 Å². The van der Waals surface area contributed by atoms with Crippen LogP contribution in [0.15, 0.2) is 33.5 Å². The molecule has 0 unspecified atom stereocenters. The molecule has 0 atom stereocenters. The van der Waals surface area contributed by atoms with E-state index in [1.807, 2.05) is 6.07 Å². The molecule has 6 nitrogen and oxygen atoms in total. The largest absolute Gasteiger partial charge is 0.419 e. The van der Waals surface area contributed by atoms with Gasteiger partial charge in [0.1, 0.15) is 0 Å². The van der Waals surface area contributed by atoms with Crippen LogP contribution in [0.1, 0.15) is 25.7 Å². The molecule has 21 heavy (non-hydrogen) atoms. The van der Waals surface area contributed by atoms with Crippen LogP contribution in [0, 0.1) is 0 Å². The van der Waals surface area contributed by atoms with Crippen molar-refractivity contribution in [2.45, 2.75) is 37.8 Å². The summed E-state index contributed by atoms with van der Waals surface area (Å²) in [6.07, 6.45) is 2.65. The fourth-order valence-electron chi connectivity index (χ4n) is 2.55. The summed E-state index contributed by atoms with van der Waals surface area (Å²) in [6.45, 7) is 0.549. The normalized spacial score (nSPS) is 16.6. The first-order chi connectivity index (χ1) is 10.1. The lowest BCUT2D eigenvalue weighted by atomic mass is 9.80. The second-order valence-electron chi connectivity index (χ2n) is 5.59. The van der Waals surface area contributed by atoms with E-state index in [1.54, 1.807) is 18.2 Å². The summed E-state index contributed by atoms with van der Waals surface area (Å²) >= 11 is 0. The van der Waals surface area contributed by atoms with Gasteiger partial charge in [-0.25, -0.2) is 4.79 Å². The summed E-state index contributed by atoms with van der Waals surface area (Å²) in [7, 11) is 0. The maximum absolute atomic E-state index is 11.8. The van der Waals surface area contributed by atoms with Gasteiger partial charge in [0.05, 0.1) is 11.1 Å². The Morgan fingerprint density at radius 2 is 2.14 bits per heavy atom. The first-order valence-electron chi connectivity index (χ1n) is 7.15. The Labute approximate surface area is 121 Å². The zero-order valence-electron chi connectivity index (χ0n) is 11.7. The third-order valence-corrected chi connectivity index (χ3v) is 4.04. The van der Waals surface area contributed by atoms with E-state index in [9.17, 15) is 14.7 Å². The number of fused-ring (bicyclic) bond motifs is 1. The number of carbonyl (C=O) groups excluding carboxylic acids is 1. The van der Waals surface area contributed by atoms with Crippen LogP contribution in [0.4, 0.5) is 0 Å². The number of hydrogen-bond acceptors (Lipinski definition) is 4. The highest BCUT2D eigenvalue weighted by atomic mass is 16.4. The summed E-state index contributed by atoms with van der Waals surface area (Å²) in [5.74, 6) is -0.630. The number of nitrogens with one attached hydrogen (secondary N) is 1. The van der Waals surface area contributed by atoms with E-state index in [-0.39, 0.29) is 25.4 Å². The molecule has 3 rings (SSSR count). The first-order valence-corrected chi connectivity index (χ1v) is 7.15. The molecule has 2 N–H and O–H groups in total. The van der Waals surface area contributed by atoms with Crippen LogP contribution in [0.2, 0.25) is 0 Å². The monoisotopic (exact) mass is 290 g/mol. The molecule has 1 fully saturated rings. The molecule has 2 aromatic rings. The molecule has 1 aliphatic rings. The number of aromatic nitrogens is 1. The molecule has 1 aliphatic carbocycles. The van der Waals surface area contributed by atoms with Crippen molar-refractivity contribution in [1.82, 2.24) is 9.88 Å². The molecule has 1 heterocycles. The Hall–Kier alpha value is -2.08. The van der Waals surface area contributed by atoms with Crippen molar-refractivity contribution >= 4 is 17.0 Å². The quantitative estimate of drug-likeness (QED) is 0.861. The maximum atomic E-state index is 11.8. The van der Waals surface area contributed by atoms with Crippen molar-refractivity contribution in [3.05, 3.63) is 34.8 Å². The Balaban J connectivity index is 1.60. The van der Waals surface area contributed by atoms with E-state index in [1.165, 1.54) is 4.57 Å². The van der Waals surface area contributed by atoms with Crippen LogP contribution in [0.25, 0.3) is 11.1 Å². The Bertz CT molecular complexity index is 712. The fourth-order valence-corrected chi connectivity index (χ4v) is 2.55. The van der Waals surface area contributed by atoms with Gasteiger partial charge in [0, 0.05) is 19.5 Å². The Morgan fingerprint density at radius 3 is 2.86 bits per heavy atom. The minimum atomic E-state index is -0.727. The number of benzene rings is 1. The van der Waals surface area contributed by atoms with E-state index in [0.29, 0.717) is 11.1 Å². The van der Waals surface area contributed by atoms with Gasteiger partial charge in [0.2, 0.25) is 5.91 Å². The van der Waals surface area contributed by atoms with Crippen LogP contribution in [0.3, 0.4) is 0 Å². The molecule has 1 amide bonds. The van der Waals surface area contributed by atoms with Crippen molar-refractivity contribution in [1.29, 1.82) is 0 Å². The zero-order chi connectivity index (χ0) is 14.9. The minimum Gasteiger partial charge on any atom is -0.408 e. The molecule has 0 radical (unpaired) electrons. The highest BCUT2D eigenvalue weighted by Gasteiger charge is 2.34. The number of aliphatic hydroxyl groups is 1. The smallest absolute Gasteiger partial charge is 0.408 e. The first kappa shape index (κ1) is 13.9. The van der Waals surface area contributed by atoms with Gasteiger partial charge in [-0.05, 0) is 31.4 Å². The Kier molecular flexibility index (Phi) is 3.55. The minimum absolute atomic E-state index is 0.174. The molecule has 0 spiro atoms. The molecular weight excluding hydrogens is 272 g/mol. The molecule has 112 valence electrons. The van der Waals surface area contributed by atoms with Gasteiger partial charge in [0.15, 0.2) is 5.58 Å². The number of hydrogen-bond donors (Lipinski definition) is 2. The maximum Gasteiger partial charge on any atom is 0.419 e. The van der Waals surface area contributed by atoms with E-state index >= 15 is 0 Å². The lowest BCUT2D eigenvalue weighted by Gasteiger charge is -2.36. The standard InChI is InChI=1S/C15H18N2O4/c18-13(16-10-15(20)7-3-8-15)6-9-17-11-4-1-2-5-12(11)21-14(17)19/h1-2,4-5,20H,3,6-10H2,(H,16,18). The van der Waals surface area contributed by atoms with Crippen molar-refractivity contribution in [2.24, 2.45) is 0 Å². The predicted octanol–water partition coefficient (Wildman–Crippen LogP) is 1.02. The number of oxazole rings is 1. The van der Waals surface area contributed by atoms with Crippen LogP contribution in [-0.2, 0) is 11.3 Å². The third kappa shape index (κ3) is 2.85. The van der Waals surface area contributed by atoms with Gasteiger partial charge in [-0.3, -0.25) is 9.36 Å². The van der Waals surface area contributed by atoms with E-state index < -0.39 is 11.4 Å². The average molecular weight is 290 g/mol. The topological polar surface area (TPSA) is 84.5 Å². The molecule has 0 saturated heterocycles. The van der Waals surface area contributed by atoms with Gasteiger partial charge >= 0.3 is 5.76 Å². The summed E-state index contributed by atoms with van der Waals surface area (Å²) in [5, 5.41) is 12.6. The lowest BCUT2D eigenvalue weighted by molar-refractivity contribution is -0.123. The van der Waals surface area contributed by atoms with Crippen molar-refractivity contribution in [3.8, 4) is 0 Å². The van der Waals surface area contributed by atoms with Crippen molar-refractivity contribution < 1.29 is 14.3 Å². The van der Waals surface area contributed by atoms with Crippen LogP contribution >= 0.6 is 0 Å². The second-order valence-corrected chi connectivity index (χ2v) is 5.59. The number of rotatable bonds is 5. The van der Waals surface area contributed by atoms with Gasteiger partial charge in [-0.2, -0.15) is 0 Å². The van der Waals surface area contributed by atoms with Crippen molar-refractivity contribution in [3.63, 3.8) is 0 Å². The molecule has 6 heteroatoms. The predicted molar refractivity (Wildman–Crippen MR) is 76.9 cm³/mol. The number of para-hydroxylation sites is 2. The molecule has 0 bridgehead atoms. The summed E-state index contributed by atoms with van der Waals surface area (Å²) in [5.41, 5.74) is 0.481. The zero-order valence-corrected chi connectivity index (χ0v) is 11.7. The molecule has 1 saturated carbocycles. The van der Waals surface area contributed by atoms with E-state index in [0.717, 1.165) is 19.3 Å². The van der Waals surface area contributed by atoms with Gasteiger partial charge in [0.25, 0.3) is 0 Å². The van der Waals surface area contributed by atoms with E-state index in [2.05, 4.69) is 5.32 Å². The molecule has 1 aromatic carbocycles. The SMILES string of the molecule is O=C(CCn1c(=O)oc2ccccc21)NCC1(O)CCC1. The number of carbonyl (C=O) groups is 1. The number of aryl methyl sites for hydroxylation is 1. The summed E-state index contributed by atoms with van der Waals surface area (Å²) in [4.78, 5) is 23.6. The molecule has 0 aliphatic heterocycles. The highest BCUT2D eigenvalue weighted by Crippen LogP contribution is 2.30. The average Bonchev–Trinajstić information content (AvgIpc) is 2.76. The number of amides is 1. The summed E-state index contributed by atoms with van der Waals surface area (Å²) < 4.78 is 6.56. The summed E-state index contributed by atoms with van der Waals surface area (Å²) in [6, 6.07) is 7.12. The third-order valence-electron chi connectivity index (χ3n) is 4.04. The van der Waals surface area contributed by atoms with Crippen molar-refractivity contribution in [2.75, 3.05) is 6.54 Å². The van der Waals surface area contributed by atoms with E-state index in [4.69, 9.17) is 4.42 Å². The van der Waals surface area contributed by atoms with Gasteiger partial charge in [-0.1, -0.05) is 12.1 Å². The second kappa shape index (κ2) is 5.37. The number of nitrogens with zero attached hydrogens (tertiary/aromatic N) is 1. The van der Waals surface area contributed by atoms with Gasteiger partial charge < -0.3 is 14.8 Å². The van der Waals surface area contributed by atoms with Crippen LogP contribution in [-0.4, -0.2) is 27.7 Å². The van der Waals surface area contributed by atoms with Crippen LogP contribution < -0.4 is 11.1 Å². The highest BCUT2D eigenvalue weighted by molar-refractivity contribution is 5.76.